The van der Waals surface area contributed by atoms with Gasteiger partial charge in [0.1, 0.15) is 17.3 Å². The number of benzene rings is 2. The Hall–Kier alpha value is -4.03. The fourth-order valence-corrected chi connectivity index (χ4v) is 4.57. The van der Waals surface area contributed by atoms with Gasteiger partial charge in [0.05, 0.1) is 16.3 Å². The van der Waals surface area contributed by atoms with Gasteiger partial charge in [-0.1, -0.05) is 49.7 Å². The van der Waals surface area contributed by atoms with Crippen LogP contribution in [0.4, 0.5) is 15.9 Å². The zero-order chi connectivity index (χ0) is 26.0. The number of rotatable bonds is 6. The quantitative estimate of drug-likeness (QED) is 0.522. The molecule has 2 N–H and O–H groups in total. The summed E-state index contributed by atoms with van der Waals surface area (Å²) < 4.78 is 14.3. The zero-order valence-electron chi connectivity index (χ0n) is 20.0. The van der Waals surface area contributed by atoms with Crippen LogP contribution >= 0.6 is 11.6 Å². The van der Waals surface area contributed by atoms with Crippen molar-refractivity contribution in [1.29, 1.82) is 5.26 Å². The van der Waals surface area contributed by atoms with Gasteiger partial charge in [-0.15, -0.1) is 10.2 Å². The fraction of sp³-hybridized carbons (Fsp3) is 0.269. The first kappa shape index (κ1) is 25.1. The first-order valence-corrected chi connectivity index (χ1v) is 11.7. The van der Waals surface area contributed by atoms with E-state index in [1.165, 1.54) is 13.1 Å². The van der Waals surface area contributed by atoms with E-state index in [0.717, 1.165) is 17.2 Å². The van der Waals surface area contributed by atoms with Crippen molar-refractivity contribution in [3.8, 4) is 6.07 Å². The second-order valence-corrected chi connectivity index (χ2v) is 9.32. The van der Waals surface area contributed by atoms with Crippen LogP contribution in [0.5, 0.6) is 0 Å². The summed E-state index contributed by atoms with van der Waals surface area (Å²) in [6.07, 6.45) is 0. The average Bonchev–Trinajstić information content (AvgIpc) is 2.85. The number of carbonyl (C=O) groups excluding carboxylic acids is 2. The van der Waals surface area contributed by atoms with Crippen molar-refractivity contribution in [2.75, 3.05) is 30.4 Å². The van der Waals surface area contributed by atoms with E-state index in [1.807, 2.05) is 49.1 Å². The maximum atomic E-state index is 14.3. The second-order valence-electron chi connectivity index (χ2n) is 8.91. The lowest BCUT2D eigenvalue weighted by Crippen LogP contribution is -2.66. The molecule has 2 heterocycles. The number of carbonyl (C=O) groups is 2. The molecule has 1 aromatic heterocycles. The molecule has 36 heavy (non-hydrogen) atoms. The van der Waals surface area contributed by atoms with Crippen LogP contribution in [0.1, 0.15) is 46.9 Å². The largest absolute Gasteiger partial charge is 0.355 e. The monoisotopic (exact) mass is 506 g/mol. The van der Waals surface area contributed by atoms with Crippen LogP contribution < -0.4 is 15.5 Å². The van der Waals surface area contributed by atoms with Crippen molar-refractivity contribution in [2.45, 2.75) is 25.2 Å². The fourth-order valence-electron chi connectivity index (χ4n) is 4.41. The van der Waals surface area contributed by atoms with E-state index in [9.17, 15) is 14.0 Å². The molecular formula is C26H24ClFN6O2. The molecule has 3 aromatic rings. The molecule has 10 heteroatoms. The van der Waals surface area contributed by atoms with Crippen LogP contribution in [0, 0.1) is 17.1 Å². The van der Waals surface area contributed by atoms with Crippen LogP contribution in [-0.4, -0.2) is 42.1 Å². The summed E-state index contributed by atoms with van der Waals surface area (Å²) in [5.41, 5.74) is 1.11. The van der Waals surface area contributed by atoms with Crippen LogP contribution in [0.2, 0.25) is 5.02 Å². The van der Waals surface area contributed by atoms with Gasteiger partial charge in [0, 0.05) is 20.1 Å². The van der Waals surface area contributed by atoms with Gasteiger partial charge in [0.15, 0.2) is 11.5 Å². The molecule has 1 aliphatic rings. The zero-order valence-corrected chi connectivity index (χ0v) is 20.7. The van der Waals surface area contributed by atoms with Crippen LogP contribution in [0.15, 0.2) is 48.5 Å². The second kappa shape index (κ2) is 9.91. The maximum Gasteiger partial charge on any atom is 0.253 e. The molecule has 0 saturated carbocycles. The first-order valence-electron chi connectivity index (χ1n) is 11.3. The summed E-state index contributed by atoms with van der Waals surface area (Å²) in [5.74, 6) is -0.973. The Kier molecular flexibility index (Phi) is 6.91. The van der Waals surface area contributed by atoms with Crippen molar-refractivity contribution in [1.82, 2.24) is 15.5 Å². The molecule has 2 aromatic carbocycles. The Morgan fingerprint density at radius 1 is 1.17 bits per heavy atom. The Morgan fingerprint density at radius 2 is 1.89 bits per heavy atom. The van der Waals surface area contributed by atoms with E-state index in [1.54, 1.807) is 12.1 Å². The Balaban J connectivity index is 1.74. The highest BCUT2D eigenvalue weighted by atomic mass is 35.5. The predicted molar refractivity (Wildman–Crippen MR) is 135 cm³/mol. The summed E-state index contributed by atoms with van der Waals surface area (Å²) in [5, 5.41) is 22.0. The van der Waals surface area contributed by atoms with E-state index < -0.39 is 17.1 Å². The molecule has 0 radical (unpaired) electrons. The molecule has 2 amide bonds. The van der Waals surface area contributed by atoms with Gasteiger partial charge in [-0.25, -0.2) is 4.39 Å². The van der Waals surface area contributed by atoms with Gasteiger partial charge in [-0.2, -0.15) is 5.26 Å². The van der Waals surface area contributed by atoms with E-state index >= 15 is 0 Å². The minimum absolute atomic E-state index is 0.0271. The molecule has 184 valence electrons. The highest BCUT2D eigenvalue weighted by molar-refractivity contribution is 6.31. The third-order valence-corrected chi connectivity index (χ3v) is 6.61. The third kappa shape index (κ3) is 4.48. The number of anilines is 2. The van der Waals surface area contributed by atoms with Gasteiger partial charge < -0.3 is 15.5 Å². The number of nitrogens with zero attached hydrogens (tertiary/aromatic N) is 4. The van der Waals surface area contributed by atoms with E-state index in [0.29, 0.717) is 5.82 Å². The number of nitriles is 1. The maximum absolute atomic E-state index is 14.3. The standard InChI is InChI=1S/C26H24ClFN6O2/c1-15(2)17-6-4-5-7-19(17)26(13-34(14-26)23-9-8-16(12-29)32-33-23)25(36)31-22-11-21(28)20(27)10-18(22)24(35)30-3/h4-11,15H,13-14H2,1-3H3,(H,30,35)(H,31,36). The van der Waals surface area contributed by atoms with Crippen molar-refractivity contribution in [3.05, 3.63) is 81.8 Å². The first-order chi connectivity index (χ1) is 17.2. The summed E-state index contributed by atoms with van der Waals surface area (Å²) in [6.45, 7) is 4.64. The summed E-state index contributed by atoms with van der Waals surface area (Å²) in [7, 11) is 1.44. The Bertz CT molecular complexity index is 1360. The minimum atomic E-state index is -1.01. The molecule has 0 atom stereocenters. The van der Waals surface area contributed by atoms with Crippen LogP contribution in [0.3, 0.4) is 0 Å². The third-order valence-electron chi connectivity index (χ3n) is 6.32. The summed E-state index contributed by atoms with van der Waals surface area (Å²) >= 11 is 5.90. The molecule has 1 fully saturated rings. The molecule has 0 bridgehead atoms. The molecular weight excluding hydrogens is 483 g/mol. The van der Waals surface area contributed by atoms with E-state index in [-0.39, 0.29) is 46.9 Å². The number of nitrogens with one attached hydrogen (secondary N) is 2. The van der Waals surface area contributed by atoms with Crippen molar-refractivity contribution >= 4 is 34.9 Å². The normalized spacial score (nSPS) is 14.1. The molecule has 0 spiro atoms. The lowest BCUT2D eigenvalue weighted by molar-refractivity contribution is -0.122. The number of halogens is 2. The topological polar surface area (TPSA) is 111 Å². The van der Waals surface area contributed by atoms with Crippen LogP contribution in [-0.2, 0) is 10.2 Å². The molecule has 0 unspecified atom stereocenters. The molecule has 1 aliphatic heterocycles. The van der Waals surface area contributed by atoms with Gasteiger partial charge >= 0.3 is 0 Å². The van der Waals surface area contributed by atoms with E-state index in [2.05, 4.69) is 20.8 Å². The number of aromatic nitrogens is 2. The van der Waals surface area contributed by atoms with Gasteiger partial charge in [0.2, 0.25) is 5.91 Å². The molecule has 4 rings (SSSR count). The molecule has 8 nitrogen and oxygen atoms in total. The summed E-state index contributed by atoms with van der Waals surface area (Å²) in [6, 6.07) is 15.1. The number of amides is 2. The Morgan fingerprint density at radius 3 is 2.50 bits per heavy atom. The lowest BCUT2D eigenvalue weighted by atomic mass is 9.69. The highest BCUT2D eigenvalue weighted by Crippen LogP contribution is 2.41. The summed E-state index contributed by atoms with van der Waals surface area (Å²) in [4.78, 5) is 28.2. The van der Waals surface area contributed by atoms with Crippen molar-refractivity contribution < 1.29 is 14.0 Å². The van der Waals surface area contributed by atoms with Gasteiger partial charge in [-0.05, 0) is 41.3 Å². The van der Waals surface area contributed by atoms with Crippen LogP contribution in [0.25, 0.3) is 0 Å². The van der Waals surface area contributed by atoms with Crippen molar-refractivity contribution in [3.63, 3.8) is 0 Å². The SMILES string of the molecule is CNC(=O)c1cc(Cl)c(F)cc1NC(=O)C1(c2ccccc2C(C)C)CN(c2ccc(C#N)nn2)C1. The average molecular weight is 507 g/mol. The molecule has 1 saturated heterocycles. The van der Waals surface area contributed by atoms with Gasteiger partial charge in [0.25, 0.3) is 5.91 Å². The van der Waals surface area contributed by atoms with E-state index in [4.69, 9.17) is 16.9 Å². The minimum Gasteiger partial charge on any atom is -0.355 e. The van der Waals surface area contributed by atoms with Crippen molar-refractivity contribution in [2.24, 2.45) is 0 Å². The van der Waals surface area contributed by atoms with Gasteiger partial charge in [-0.3, -0.25) is 9.59 Å². The smallest absolute Gasteiger partial charge is 0.253 e. The molecule has 0 aliphatic carbocycles. The number of hydrogen-bond acceptors (Lipinski definition) is 6. The Labute approximate surface area is 213 Å². The number of hydrogen-bond donors (Lipinski definition) is 2. The predicted octanol–water partition coefficient (Wildman–Crippen LogP) is 4.02. The highest BCUT2D eigenvalue weighted by Gasteiger charge is 2.52. The lowest BCUT2D eigenvalue weighted by Gasteiger charge is -2.50.